The second kappa shape index (κ2) is 4.04. The minimum absolute atomic E-state index is 0.155. The zero-order valence-corrected chi connectivity index (χ0v) is 9.25. The number of fused-ring (bicyclic) bond motifs is 1. The van der Waals surface area contributed by atoms with Gasteiger partial charge < -0.3 is 4.98 Å². The van der Waals surface area contributed by atoms with Crippen LogP contribution in [-0.2, 0) is 6.42 Å². The highest BCUT2D eigenvalue weighted by Crippen LogP contribution is 2.12. The van der Waals surface area contributed by atoms with Gasteiger partial charge in [0.1, 0.15) is 17.2 Å². The van der Waals surface area contributed by atoms with Gasteiger partial charge >= 0.3 is 0 Å². The summed E-state index contributed by atoms with van der Waals surface area (Å²) in [4.78, 5) is 18.5. The van der Waals surface area contributed by atoms with E-state index < -0.39 is 5.82 Å². The van der Waals surface area contributed by atoms with E-state index in [1.54, 1.807) is 6.07 Å². The van der Waals surface area contributed by atoms with Crippen LogP contribution in [0.3, 0.4) is 0 Å². The van der Waals surface area contributed by atoms with Crippen LogP contribution in [0.25, 0.3) is 10.9 Å². The Kier molecular flexibility index (Phi) is 2.73. The Morgan fingerprint density at radius 2 is 2.19 bits per heavy atom. The first-order valence-corrected chi connectivity index (χ1v) is 5.25. The van der Waals surface area contributed by atoms with E-state index in [1.807, 2.05) is 13.8 Å². The summed E-state index contributed by atoms with van der Waals surface area (Å²) in [5.74, 6) is 0.457. The second-order valence-corrected chi connectivity index (χ2v) is 4.25. The Labute approximate surface area is 92.3 Å². The molecule has 0 unspecified atom stereocenters. The van der Waals surface area contributed by atoms with Crippen LogP contribution in [-0.4, -0.2) is 9.97 Å². The Morgan fingerprint density at radius 3 is 2.88 bits per heavy atom. The summed E-state index contributed by atoms with van der Waals surface area (Å²) in [6.45, 7) is 4.04. The monoisotopic (exact) mass is 220 g/mol. The average Bonchev–Trinajstić information content (AvgIpc) is 2.19. The molecule has 0 saturated carbocycles. The Hall–Kier alpha value is -1.71. The molecule has 0 fully saturated rings. The fourth-order valence-corrected chi connectivity index (χ4v) is 1.66. The first kappa shape index (κ1) is 10.8. The number of aromatic nitrogens is 2. The molecule has 16 heavy (non-hydrogen) atoms. The largest absolute Gasteiger partial charge is 0.310 e. The zero-order valence-electron chi connectivity index (χ0n) is 9.25. The van der Waals surface area contributed by atoms with Crippen molar-refractivity contribution < 1.29 is 4.39 Å². The van der Waals surface area contributed by atoms with Crippen LogP contribution >= 0.6 is 0 Å². The van der Waals surface area contributed by atoms with Gasteiger partial charge in [0.25, 0.3) is 5.56 Å². The molecule has 1 aromatic carbocycles. The summed E-state index contributed by atoms with van der Waals surface area (Å²) in [5.41, 5.74) is -0.123. The summed E-state index contributed by atoms with van der Waals surface area (Å²) in [5, 5.41) is 0.299. The maximum absolute atomic E-state index is 13.5. The smallest absolute Gasteiger partial charge is 0.258 e. The zero-order chi connectivity index (χ0) is 11.7. The van der Waals surface area contributed by atoms with Crippen LogP contribution < -0.4 is 5.56 Å². The lowest BCUT2D eigenvalue weighted by molar-refractivity contribution is 0.613. The number of aromatic amines is 1. The number of hydrogen-bond donors (Lipinski definition) is 1. The van der Waals surface area contributed by atoms with E-state index in [2.05, 4.69) is 9.97 Å². The fourth-order valence-electron chi connectivity index (χ4n) is 1.66. The maximum Gasteiger partial charge on any atom is 0.258 e. The maximum atomic E-state index is 13.5. The highest BCUT2D eigenvalue weighted by molar-refractivity contribution is 5.77. The fraction of sp³-hybridized carbons (Fsp3) is 0.333. The van der Waals surface area contributed by atoms with Crippen LogP contribution in [0.5, 0.6) is 0 Å². The molecule has 2 rings (SSSR count). The number of hydrogen-bond acceptors (Lipinski definition) is 2. The first-order valence-electron chi connectivity index (χ1n) is 5.25. The van der Waals surface area contributed by atoms with Crippen molar-refractivity contribution in [3.63, 3.8) is 0 Å². The molecule has 0 aliphatic heterocycles. The van der Waals surface area contributed by atoms with Gasteiger partial charge in [-0.3, -0.25) is 4.79 Å². The topological polar surface area (TPSA) is 45.8 Å². The third-order valence-corrected chi connectivity index (χ3v) is 2.34. The molecule has 0 aliphatic carbocycles. The quantitative estimate of drug-likeness (QED) is 0.843. The molecule has 3 nitrogen and oxygen atoms in total. The molecule has 0 bridgehead atoms. The first-order chi connectivity index (χ1) is 7.58. The molecule has 0 radical (unpaired) electrons. The van der Waals surface area contributed by atoms with E-state index in [-0.39, 0.29) is 11.1 Å². The van der Waals surface area contributed by atoms with Gasteiger partial charge in [-0.15, -0.1) is 0 Å². The molecule has 4 heteroatoms. The lowest BCUT2D eigenvalue weighted by Crippen LogP contribution is -2.14. The molecule has 0 saturated heterocycles. The van der Waals surface area contributed by atoms with E-state index in [0.29, 0.717) is 23.5 Å². The summed E-state index contributed by atoms with van der Waals surface area (Å²) in [6.07, 6.45) is 0.638. The van der Waals surface area contributed by atoms with Crippen molar-refractivity contribution in [2.75, 3.05) is 0 Å². The lowest BCUT2D eigenvalue weighted by Gasteiger charge is -2.05. The summed E-state index contributed by atoms with van der Waals surface area (Å²) < 4.78 is 13.5. The number of nitrogens with zero attached hydrogens (tertiary/aromatic N) is 1. The minimum atomic E-state index is -0.450. The van der Waals surface area contributed by atoms with Crippen LogP contribution in [0.2, 0.25) is 0 Å². The molecular weight excluding hydrogens is 207 g/mol. The molecule has 0 amide bonds. The van der Waals surface area contributed by atoms with Crippen LogP contribution in [0.4, 0.5) is 4.39 Å². The Bertz CT molecular complexity index is 575. The van der Waals surface area contributed by atoms with Gasteiger partial charge in [-0.25, -0.2) is 9.37 Å². The van der Waals surface area contributed by atoms with Crippen molar-refractivity contribution in [2.45, 2.75) is 20.3 Å². The number of benzene rings is 1. The van der Waals surface area contributed by atoms with E-state index in [9.17, 15) is 9.18 Å². The normalized spacial score (nSPS) is 11.2. The summed E-state index contributed by atoms with van der Waals surface area (Å²) in [6, 6.07) is 4.40. The highest BCUT2D eigenvalue weighted by atomic mass is 19.1. The van der Waals surface area contributed by atoms with Gasteiger partial charge in [-0.1, -0.05) is 19.9 Å². The van der Waals surface area contributed by atoms with Crippen molar-refractivity contribution in [3.8, 4) is 0 Å². The lowest BCUT2D eigenvalue weighted by atomic mass is 10.1. The molecule has 0 aliphatic rings. The predicted molar refractivity (Wildman–Crippen MR) is 60.9 cm³/mol. The SMILES string of the molecule is CC(C)Cc1nc2c(F)cccc2c(=O)[nH]1. The molecule has 2 aromatic rings. The van der Waals surface area contributed by atoms with Gasteiger partial charge in [0.15, 0.2) is 0 Å². The standard InChI is InChI=1S/C12H13FN2O/c1-7(2)6-10-14-11-8(12(16)15-10)4-3-5-9(11)13/h3-5,7H,6H2,1-2H3,(H,14,15,16). The molecule has 0 spiro atoms. The molecule has 0 atom stereocenters. The second-order valence-electron chi connectivity index (χ2n) is 4.25. The van der Waals surface area contributed by atoms with E-state index >= 15 is 0 Å². The Balaban J connectivity index is 2.66. The summed E-state index contributed by atoms with van der Waals surface area (Å²) in [7, 11) is 0. The molecule has 84 valence electrons. The molecule has 1 aromatic heterocycles. The van der Waals surface area contributed by atoms with Crippen LogP contribution in [0.15, 0.2) is 23.0 Å². The van der Waals surface area contributed by atoms with E-state index in [1.165, 1.54) is 12.1 Å². The number of para-hydroxylation sites is 1. The highest BCUT2D eigenvalue weighted by Gasteiger charge is 2.08. The van der Waals surface area contributed by atoms with Crippen LogP contribution in [0, 0.1) is 11.7 Å². The third kappa shape index (κ3) is 1.96. The van der Waals surface area contributed by atoms with Crippen molar-refractivity contribution in [2.24, 2.45) is 5.92 Å². The van der Waals surface area contributed by atoms with Gasteiger partial charge in [-0.2, -0.15) is 0 Å². The van der Waals surface area contributed by atoms with Crippen molar-refractivity contribution in [1.82, 2.24) is 9.97 Å². The average molecular weight is 220 g/mol. The van der Waals surface area contributed by atoms with Crippen molar-refractivity contribution in [3.05, 3.63) is 40.2 Å². The predicted octanol–water partition coefficient (Wildman–Crippen LogP) is 2.26. The third-order valence-electron chi connectivity index (χ3n) is 2.34. The molecule has 1 N–H and O–H groups in total. The van der Waals surface area contributed by atoms with Crippen molar-refractivity contribution in [1.29, 1.82) is 0 Å². The van der Waals surface area contributed by atoms with E-state index in [4.69, 9.17) is 0 Å². The van der Waals surface area contributed by atoms with Gasteiger partial charge in [0.2, 0.25) is 0 Å². The van der Waals surface area contributed by atoms with Gasteiger partial charge in [0.05, 0.1) is 5.39 Å². The molecular formula is C12H13FN2O. The summed E-state index contributed by atoms with van der Waals surface area (Å²) >= 11 is 0. The number of halogens is 1. The van der Waals surface area contributed by atoms with Crippen molar-refractivity contribution >= 4 is 10.9 Å². The van der Waals surface area contributed by atoms with Crippen LogP contribution in [0.1, 0.15) is 19.7 Å². The number of rotatable bonds is 2. The van der Waals surface area contributed by atoms with Gasteiger partial charge in [-0.05, 0) is 18.1 Å². The van der Waals surface area contributed by atoms with Gasteiger partial charge in [0, 0.05) is 6.42 Å². The van der Waals surface area contributed by atoms with E-state index in [0.717, 1.165) is 0 Å². The number of H-pyrrole nitrogens is 1. The Morgan fingerprint density at radius 1 is 1.44 bits per heavy atom. The molecule has 1 heterocycles. The number of nitrogens with one attached hydrogen (secondary N) is 1. The minimum Gasteiger partial charge on any atom is -0.310 e.